The van der Waals surface area contributed by atoms with Gasteiger partial charge in [-0.1, -0.05) is 25.4 Å². The molecular formula is C13H15ClF2N2O. The maximum absolute atomic E-state index is 13.8. The molecule has 1 N–H and O–H groups in total. The van der Waals surface area contributed by atoms with Crippen molar-refractivity contribution in [3.05, 3.63) is 28.8 Å². The average molecular weight is 289 g/mol. The summed E-state index contributed by atoms with van der Waals surface area (Å²) in [6, 6.07) is 1.55. The van der Waals surface area contributed by atoms with Crippen molar-refractivity contribution in [1.29, 1.82) is 0 Å². The van der Waals surface area contributed by atoms with E-state index in [9.17, 15) is 13.6 Å². The molecule has 19 heavy (non-hydrogen) atoms. The lowest BCUT2D eigenvalue weighted by atomic mass is 10.2. The summed E-state index contributed by atoms with van der Waals surface area (Å²) in [6.45, 7) is 4.23. The Labute approximate surface area is 115 Å². The molecule has 1 atom stereocenters. The summed E-state index contributed by atoms with van der Waals surface area (Å²) in [5, 5.41) is 3.02. The normalized spacial score (nSPS) is 19.6. The quantitative estimate of drug-likeness (QED) is 0.927. The Morgan fingerprint density at radius 3 is 2.68 bits per heavy atom. The molecule has 1 saturated heterocycles. The molecule has 104 valence electrons. The predicted octanol–water partition coefficient (Wildman–Crippen LogP) is 2.72. The number of carbonyl (C=O) groups is 1. The van der Waals surface area contributed by atoms with Crippen molar-refractivity contribution >= 4 is 23.2 Å². The van der Waals surface area contributed by atoms with Crippen LogP contribution in [0.3, 0.4) is 0 Å². The Balaban J connectivity index is 2.27. The zero-order valence-corrected chi connectivity index (χ0v) is 11.5. The van der Waals surface area contributed by atoms with Crippen LogP contribution in [0.4, 0.5) is 14.5 Å². The van der Waals surface area contributed by atoms with Gasteiger partial charge in [-0.15, -0.1) is 0 Å². The fraction of sp³-hybridized carbons (Fsp3) is 0.462. The number of nitrogens with one attached hydrogen (secondary N) is 1. The second-order valence-electron chi connectivity index (χ2n) is 4.87. The van der Waals surface area contributed by atoms with Crippen LogP contribution in [0.15, 0.2) is 12.1 Å². The molecule has 1 aromatic rings. The fourth-order valence-corrected chi connectivity index (χ4v) is 2.55. The zero-order chi connectivity index (χ0) is 14.2. The van der Waals surface area contributed by atoms with Crippen molar-refractivity contribution in [1.82, 2.24) is 5.32 Å². The van der Waals surface area contributed by atoms with Crippen molar-refractivity contribution in [3.8, 4) is 0 Å². The number of anilines is 1. The van der Waals surface area contributed by atoms with E-state index in [0.29, 0.717) is 13.0 Å². The van der Waals surface area contributed by atoms with E-state index < -0.39 is 11.6 Å². The van der Waals surface area contributed by atoms with Crippen LogP contribution in [-0.2, 0) is 4.79 Å². The summed E-state index contributed by atoms with van der Waals surface area (Å²) in [6.07, 6.45) is 0.574. The molecule has 6 heteroatoms. The molecule has 0 radical (unpaired) electrons. The van der Waals surface area contributed by atoms with Crippen molar-refractivity contribution in [2.24, 2.45) is 0 Å². The first-order chi connectivity index (χ1) is 8.90. The monoisotopic (exact) mass is 288 g/mol. The topological polar surface area (TPSA) is 32.3 Å². The molecule has 2 rings (SSSR count). The van der Waals surface area contributed by atoms with Gasteiger partial charge in [0.25, 0.3) is 0 Å². The Morgan fingerprint density at radius 2 is 2.11 bits per heavy atom. The van der Waals surface area contributed by atoms with E-state index in [4.69, 9.17) is 11.6 Å². The highest BCUT2D eigenvalue weighted by Gasteiger charge is 2.35. The number of hydrogen-bond acceptors (Lipinski definition) is 2. The highest BCUT2D eigenvalue weighted by molar-refractivity contribution is 6.34. The minimum absolute atomic E-state index is 0.0406. The zero-order valence-electron chi connectivity index (χ0n) is 10.7. The fourth-order valence-electron chi connectivity index (χ4n) is 2.25. The molecule has 0 aromatic heterocycles. The van der Waals surface area contributed by atoms with Gasteiger partial charge in [0.05, 0.1) is 16.8 Å². The lowest BCUT2D eigenvalue weighted by molar-refractivity contribution is -0.119. The van der Waals surface area contributed by atoms with Gasteiger partial charge in [0, 0.05) is 18.7 Å². The van der Waals surface area contributed by atoms with Gasteiger partial charge in [0.1, 0.15) is 5.82 Å². The molecule has 1 aliphatic heterocycles. The van der Waals surface area contributed by atoms with Crippen LogP contribution >= 0.6 is 11.6 Å². The Morgan fingerprint density at radius 1 is 1.42 bits per heavy atom. The van der Waals surface area contributed by atoms with Gasteiger partial charge in [-0.2, -0.15) is 0 Å². The molecule has 1 heterocycles. The van der Waals surface area contributed by atoms with Crippen molar-refractivity contribution in [2.75, 3.05) is 11.4 Å². The van der Waals surface area contributed by atoms with Crippen LogP contribution in [0.5, 0.6) is 0 Å². The van der Waals surface area contributed by atoms with Crippen molar-refractivity contribution in [3.63, 3.8) is 0 Å². The summed E-state index contributed by atoms with van der Waals surface area (Å²) in [5.41, 5.74) is -0.0406. The predicted molar refractivity (Wildman–Crippen MR) is 70.4 cm³/mol. The Kier molecular flexibility index (Phi) is 4.06. The second kappa shape index (κ2) is 5.43. The molecule has 1 aromatic carbocycles. The van der Waals surface area contributed by atoms with E-state index in [1.165, 1.54) is 4.90 Å². The maximum Gasteiger partial charge on any atom is 0.244 e. The van der Waals surface area contributed by atoms with Crippen LogP contribution in [0.25, 0.3) is 0 Å². The minimum Gasteiger partial charge on any atom is -0.307 e. The summed E-state index contributed by atoms with van der Waals surface area (Å²) >= 11 is 5.84. The van der Waals surface area contributed by atoms with Crippen molar-refractivity contribution in [2.45, 2.75) is 32.4 Å². The third kappa shape index (κ3) is 2.87. The summed E-state index contributed by atoms with van der Waals surface area (Å²) in [4.78, 5) is 13.5. The molecule has 0 bridgehead atoms. The van der Waals surface area contributed by atoms with Crippen molar-refractivity contribution < 1.29 is 13.6 Å². The number of carbonyl (C=O) groups excluding carboxylic acids is 1. The lowest BCUT2D eigenvalue weighted by Gasteiger charge is -2.20. The third-order valence-corrected chi connectivity index (χ3v) is 3.28. The van der Waals surface area contributed by atoms with E-state index in [-0.39, 0.29) is 28.7 Å². The smallest absolute Gasteiger partial charge is 0.244 e. The van der Waals surface area contributed by atoms with Crippen LogP contribution in [0.1, 0.15) is 20.3 Å². The second-order valence-corrected chi connectivity index (χ2v) is 5.28. The molecule has 0 spiro atoms. The van der Waals surface area contributed by atoms with Crippen LogP contribution < -0.4 is 10.2 Å². The van der Waals surface area contributed by atoms with Crippen LogP contribution in [0, 0.1) is 11.6 Å². The van der Waals surface area contributed by atoms with Gasteiger partial charge in [-0.3, -0.25) is 4.79 Å². The number of amides is 1. The van der Waals surface area contributed by atoms with E-state index in [1.54, 1.807) is 0 Å². The highest BCUT2D eigenvalue weighted by Crippen LogP contribution is 2.33. The molecule has 1 fully saturated rings. The first kappa shape index (κ1) is 14.2. The summed E-state index contributed by atoms with van der Waals surface area (Å²) in [7, 11) is 0. The molecule has 3 nitrogen and oxygen atoms in total. The number of hydrogen-bond donors (Lipinski definition) is 1. The molecule has 0 saturated carbocycles. The van der Waals surface area contributed by atoms with Gasteiger partial charge in [0.15, 0.2) is 5.82 Å². The number of benzene rings is 1. The van der Waals surface area contributed by atoms with Gasteiger partial charge >= 0.3 is 0 Å². The minimum atomic E-state index is -0.816. The van der Waals surface area contributed by atoms with E-state index in [2.05, 4.69) is 5.32 Å². The SMILES string of the molecule is CC(C)NC1CCN(c2c(F)cc(F)cc2Cl)C1=O. The van der Waals surface area contributed by atoms with Gasteiger partial charge in [-0.25, -0.2) is 8.78 Å². The van der Waals surface area contributed by atoms with Gasteiger partial charge in [0.2, 0.25) is 5.91 Å². The average Bonchev–Trinajstić information content (AvgIpc) is 2.60. The van der Waals surface area contributed by atoms with E-state index >= 15 is 0 Å². The van der Waals surface area contributed by atoms with Gasteiger partial charge < -0.3 is 10.2 Å². The highest BCUT2D eigenvalue weighted by atomic mass is 35.5. The largest absolute Gasteiger partial charge is 0.307 e. The number of halogens is 3. The Bertz CT molecular complexity index is 484. The summed E-state index contributed by atoms with van der Waals surface area (Å²) in [5.74, 6) is -1.81. The lowest BCUT2D eigenvalue weighted by Crippen LogP contribution is -2.41. The van der Waals surface area contributed by atoms with E-state index in [1.807, 2.05) is 13.8 Å². The Hall–Kier alpha value is -1.20. The number of rotatable bonds is 3. The van der Waals surface area contributed by atoms with Gasteiger partial charge in [-0.05, 0) is 12.5 Å². The summed E-state index contributed by atoms with van der Waals surface area (Å²) < 4.78 is 26.8. The van der Waals surface area contributed by atoms with Crippen LogP contribution in [-0.4, -0.2) is 24.5 Å². The maximum atomic E-state index is 13.8. The standard InChI is InChI=1S/C13H15ClF2N2O/c1-7(2)17-11-3-4-18(13(11)19)12-9(14)5-8(15)6-10(12)16/h5-7,11,17H,3-4H2,1-2H3. The van der Waals surface area contributed by atoms with Crippen LogP contribution in [0.2, 0.25) is 5.02 Å². The number of nitrogens with zero attached hydrogens (tertiary/aromatic N) is 1. The molecule has 1 aliphatic rings. The molecule has 0 aliphatic carbocycles. The first-order valence-electron chi connectivity index (χ1n) is 6.12. The third-order valence-electron chi connectivity index (χ3n) is 2.99. The molecule has 1 amide bonds. The molecule has 1 unspecified atom stereocenters. The molecular weight excluding hydrogens is 274 g/mol. The van der Waals surface area contributed by atoms with E-state index in [0.717, 1.165) is 12.1 Å². The first-order valence-corrected chi connectivity index (χ1v) is 6.50.